The molecule has 1 heterocycles. The molecular weight excluding hydrogens is 442 g/mol. The molecule has 0 unspecified atom stereocenters. The highest BCUT2D eigenvalue weighted by molar-refractivity contribution is 6.06. The Labute approximate surface area is 201 Å². The highest BCUT2D eigenvalue weighted by atomic mass is 16.7. The molecule has 5 rings (SSSR count). The van der Waals surface area contributed by atoms with E-state index < -0.39 is 11.8 Å². The molecule has 2 amide bonds. The Hall–Kier alpha value is -4.91. The molecule has 0 saturated carbocycles. The van der Waals surface area contributed by atoms with Crippen LogP contribution in [0.5, 0.6) is 11.5 Å². The summed E-state index contributed by atoms with van der Waals surface area (Å²) >= 11 is 0. The average Bonchev–Trinajstić information content (AvgIpc) is 3.37. The van der Waals surface area contributed by atoms with Crippen molar-refractivity contribution in [2.45, 2.75) is 0 Å². The van der Waals surface area contributed by atoms with Crippen LogP contribution in [0.1, 0.15) is 21.5 Å². The molecule has 0 saturated heterocycles. The van der Waals surface area contributed by atoms with Crippen LogP contribution < -0.4 is 20.2 Å². The molecule has 0 fully saturated rings. The SMILES string of the molecule is O=C(N/N=C/c1cccc2ccccc12)/C(=C\c1ccc2c(c1)OCO2)NC(=O)c1ccccc1. The number of amides is 2. The van der Waals surface area contributed by atoms with E-state index in [1.807, 2.05) is 48.5 Å². The maximum Gasteiger partial charge on any atom is 0.287 e. The molecule has 4 aromatic carbocycles. The number of carbonyl (C=O) groups is 2. The second-order valence-corrected chi connectivity index (χ2v) is 7.76. The third-order valence-electron chi connectivity index (χ3n) is 5.43. The van der Waals surface area contributed by atoms with Crippen LogP contribution in [0, 0.1) is 0 Å². The van der Waals surface area contributed by atoms with Gasteiger partial charge in [0.25, 0.3) is 11.8 Å². The summed E-state index contributed by atoms with van der Waals surface area (Å²) in [4.78, 5) is 25.8. The van der Waals surface area contributed by atoms with E-state index >= 15 is 0 Å². The minimum Gasteiger partial charge on any atom is -0.454 e. The van der Waals surface area contributed by atoms with Crippen LogP contribution in [0.25, 0.3) is 16.8 Å². The molecule has 1 aliphatic rings. The number of fused-ring (bicyclic) bond motifs is 2. The van der Waals surface area contributed by atoms with Gasteiger partial charge < -0.3 is 14.8 Å². The van der Waals surface area contributed by atoms with E-state index in [9.17, 15) is 9.59 Å². The number of nitrogens with one attached hydrogen (secondary N) is 2. The Morgan fingerprint density at radius 3 is 2.49 bits per heavy atom. The van der Waals surface area contributed by atoms with Crippen molar-refractivity contribution in [3.63, 3.8) is 0 Å². The topological polar surface area (TPSA) is 89.0 Å². The fourth-order valence-electron chi connectivity index (χ4n) is 3.70. The Balaban J connectivity index is 1.39. The molecule has 0 bridgehead atoms. The summed E-state index contributed by atoms with van der Waals surface area (Å²) < 4.78 is 10.8. The number of ether oxygens (including phenoxy) is 2. The van der Waals surface area contributed by atoms with Gasteiger partial charge in [-0.1, -0.05) is 66.7 Å². The number of hydrazone groups is 1. The fourth-order valence-corrected chi connectivity index (χ4v) is 3.70. The van der Waals surface area contributed by atoms with Crippen molar-refractivity contribution in [1.82, 2.24) is 10.7 Å². The fraction of sp³-hybridized carbons (Fsp3) is 0.0357. The smallest absolute Gasteiger partial charge is 0.287 e. The number of rotatable bonds is 6. The number of benzene rings is 4. The van der Waals surface area contributed by atoms with Gasteiger partial charge in [-0.3, -0.25) is 9.59 Å². The van der Waals surface area contributed by atoms with Gasteiger partial charge in [-0.05, 0) is 46.7 Å². The molecule has 0 radical (unpaired) electrons. The van der Waals surface area contributed by atoms with Crippen LogP contribution in [-0.4, -0.2) is 24.8 Å². The zero-order chi connectivity index (χ0) is 24.0. The Kier molecular flexibility index (Phi) is 6.21. The summed E-state index contributed by atoms with van der Waals surface area (Å²) in [5.74, 6) is 0.220. The van der Waals surface area contributed by atoms with Crippen molar-refractivity contribution >= 4 is 34.9 Å². The largest absolute Gasteiger partial charge is 0.454 e. The zero-order valence-corrected chi connectivity index (χ0v) is 18.6. The van der Waals surface area contributed by atoms with Gasteiger partial charge in [0, 0.05) is 11.1 Å². The molecule has 0 atom stereocenters. The van der Waals surface area contributed by atoms with E-state index in [-0.39, 0.29) is 12.5 Å². The first kappa shape index (κ1) is 21.9. The van der Waals surface area contributed by atoms with Gasteiger partial charge in [0.1, 0.15) is 5.70 Å². The average molecular weight is 463 g/mol. The molecule has 172 valence electrons. The minimum atomic E-state index is -0.566. The quantitative estimate of drug-likeness (QED) is 0.251. The monoisotopic (exact) mass is 463 g/mol. The highest BCUT2D eigenvalue weighted by Crippen LogP contribution is 2.33. The molecule has 4 aromatic rings. The van der Waals surface area contributed by atoms with E-state index in [1.165, 1.54) is 0 Å². The van der Waals surface area contributed by atoms with Gasteiger partial charge in [0.2, 0.25) is 6.79 Å². The van der Waals surface area contributed by atoms with Crippen molar-refractivity contribution in [2.24, 2.45) is 5.10 Å². The van der Waals surface area contributed by atoms with Gasteiger partial charge in [0.05, 0.1) is 6.21 Å². The van der Waals surface area contributed by atoms with Gasteiger partial charge in [-0.25, -0.2) is 5.43 Å². The lowest BCUT2D eigenvalue weighted by Crippen LogP contribution is -2.32. The van der Waals surface area contributed by atoms with Crippen molar-refractivity contribution in [2.75, 3.05) is 6.79 Å². The molecule has 7 nitrogen and oxygen atoms in total. The Bertz CT molecular complexity index is 1460. The first-order chi connectivity index (χ1) is 17.2. The molecule has 7 heteroatoms. The van der Waals surface area contributed by atoms with Crippen LogP contribution in [0.4, 0.5) is 0 Å². The molecule has 0 spiro atoms. The lowest BCUT2D eigenvalue weighted by atomic mass is 10.1. The number of carbonyl (C=O) groups excluding carboxylic acids is 2. The van der Waals surface area contributed by atoms with Gasteiger partial charge in [-0.2, -0.15) is 5.10 Å². The first-order valence-electron chi connectivity index (χ1n) is 11.0. The van der Waals surface area contributed by atoms with Crippen molar-refractivity contribution in [3.8, 4) is 11.5 Å². The summed E-state index contributed by atoms with van der Waals surface area (Å²) in [7, 11) is 0. The standard InChI is InChI=1S/C28H21N3O4/c32-27(21-8-2-1-3-9-21)30-24(15-19-13-14-25-26(16-19)35-18-34-25)28(33)31-29-17-22-11-6-10-20-7-4-5-12-23(20)22/h1-17H,18H2,(H,30,32)(H,31,33)/b24-15+,29-17+. The van der Waals surface area contributed by atoms with Crippen molar-refractivity contribution in [3.05, 3.63) is 113 Å². The lowest BCUT2D eigenvalue weighted by molar-refractivity contribution is -0.117. The predicted molar refractivity (Wildman–Crippen MR) is 134 cm³/mol. The van der Waals surface area contributed by atoms with Gasteiger partial charge in [0.15, 0.2) is 11.5 Å². The molecule has 0 aromatic heterocycles. The molecule has 1 aliphatic heterocycles. The van der Waals surface area contributed by atoms with Crippen LogP contribution in [0.2, 0.25) is 0 Å². The minimum absolute atomic E-state index is 0.0350. The lowest BCUT2D eigenvalue weighted by Gasteiger charge is -2.09. The maximum atomic E-state index is 13.0. The summed E-state index contributed by atoms with van der Waals surface area (Å²) in [6.45, 7) is 0.142. The van der Waals surface area contributed by atoms with Gasteiger partial charge in [-0.15, -0.1) is 0 Å². The Morgan fingerprint density at radius 1 is 0.829 bits per heavy atom. The number of nitrogens with zero attached hydrogens (tertiary/aromatic N) is 1. The summed E-state index contributed by atoms with van der Waals surface area (Å²) in [6.07, 6.45) is 3.14. The zero-order valence-electron chi connectivity index (χ0n) is 18.6. The van der Waals surface area contributed by atoms with Crippen LogP contribution in [-0.2, 0) is 4.79 Å². The second kappa shape index (κ2) is 9.93. The number of hydrogen-bond donors (Lipinski definition) is 2. The van der Waals surface area contributed by atoms with E-state index in [2.05, 4.69) is 15.8 Å². The third-order valence-corrected chi connectivity index (χ3v) is 5.43. The molecular formula is C28H21N3O4. The maximum absolute atomic E-state index is 13.0. The van der Waals surface area contributed by atoms with Crippen LogP contribution in [0.3, 0.4) is 0 Å². The highest BCUT2D eigenvalue weighted by Gasteiger charge is 2.17. The van der Waals surface area contributed by atoms with E-state index in [1.54, 1.807) is 54.8 Å². The normalized spacial score (nSPS) is 12.6. The van der Waals surface area contributed by atoms with Crippen LogP contribution in [0.15, 0.2) is 102 Å². The first-order valence-corrected chi connectivity index (χ1v) is 11.0. The summed E-state index contributed by atoms with van der Waals surface area (Å²) in [5, 5.41) is 8.91. The van der Waals surface area contributed by atoms with Crippen LogP contribution >= 0.6 is 0 Å². The summed E-state index contributed by atoms with van der Waals surface area (Å²) in [5.41, 5.74) is 4.50. The number of hydrogen-bond acceptors (Lipinski definition) is 5. The molecule has 0 aliphatic carbocycles. The van der Waals surface area contributed by atoms with Crippen molar-refractivity contribution in [1.29, 1.82) is 0 Å². The van der Waals surface area contributed by atoms with E-state index in [0.29, 0.717) is 22.6 Å². The van der Waals surface area contributed by atoms with Crippen molar-refractivity contribution < 1.29 is 19.1 Å². The third kappa shape index (κ3) is 5.04. The second-order valence-electron chi connectivity index (χ2n) is 7.76. The van der Waals surface area contributed by atoms with E-state index in [0.717, 1.165) is 16.3 Å². The molecule has 2 N–H and O–H groups in total. The van der Waals surface area contributed by atoms with Gasteiger partial charge >= 0.3 is 0 Å². The Morgan fingerprint density at radius 2 is 1.60 bits per heavy atom. The predicted octanol–water partition coefficient (Wildman–Crippen LogP) is 4.49. The summed E-state index contributed by atoms with van der Waals surface area (Å²) in [6, 6.07) is 27.7. The molecule has 35 heavy (non-hydrogen) atoms. The van der Waals surface area contributed by atoms with E-state index in [4.69, 9.17) is 9.47 Å².